The van der Waals surface area contributed by atoms with Crippen LogP contribution in [-0.2, 0) is 4.74 Å². The molecule has 0 fully saturated rings. The maximum Gasteiger partial charge on any atom is 0.0591 e. The Morgan fingerprint density at radius 1 is 1.43 bits per heavy atom. The van der Waals surface area contributed by atoms with E-state index in [-0.39, 0.29) is 0 Å². The lowest BCUT2D eigenvalue weighted by molar-refractivity contribution is 0.126. The molecular weight excluding hydrogens is 198 g/mol. The van der Waals surface area contributed by atoms with Gasteiger partial charge < -0.3 is 10.1 Å². The standard InChI is InChI=1S/C11H22ClNO/c1-10(2)4-6-14-7-5-13-9-11(3)8-12/h8,10,13H,4-7,9H2,1-3H3. The van der Waals surface area contributed by atoms with Gasteiger partial charge in [-0.1, -0.05) is 25.4 Å². The molecule has 0 amide bonds. The van der Waals surface area contributed by atoms with Crippen molar-refractivity contribution in [1.82, 2.24) is 5.32 Å². The Morgan fingerprint density at radius 3 is 2.71 bits per heavy atom. The van der Waals surface area contributed by atoms with Crippen LogP contribution in [0.25, 0.3) is 0 Å². The van der Waals surface area contributed by atoms with Gasteiger partial charge in [0, 0.05) is 25.2 Å². The Hall–Kier alpha value is -0.0500. The van der Waals surface area contributed by atoms with Crippen LogP contribution in [0.3, 0.4) is 0 Å². The van der Waals surface area contributed by atoms with Gasteiger partial charge >= 0.3 is 0 Å². The molecule has 0 aromatic heterocycles. The molecule has 0 aliphatic heterocycles. The molecule has 0 spiro atoms. The van der Waals surface area contributed by atoms with E-state index in [4.69, 9.17) is 16.3 Å². The number of ether oxygens (including phenoxy) is 1. The molecule has 1 N–H and O–H groups in total. The van der Waals surface area contributed by atoms with Gasteiger partial charge in [0.2, 0.25) is 0 Å². The maximum atomic E-state index is 5.52. The van der Waals surface area contributed by atoms with E-state index in [1.54, 1.807) is 5.54 Å². The molecule has 0 unspecified atom stereocenters. The molecule has 0 aromatic rings. The summed E-state index contributed by atoms with van der Waals surface area (Å²) in [4.78, 5) is 0. The lowest BCUT2D eigenvalue weighted by Crippen LogP contribution is -2.21. The first-order valence-corrected chi connectivity index (χ1v) is 5.64. The van der Waals surface area contributed by atoms with Crippen LogP contribution in [0.5, 0.6) is 0 Å². The zero-order valence-electron chi connectivity index (χ0n) is 9.48. The lowest BCUT2D eigenvalue weighted by atomic mass is 10.1. The SMILES string of the molecule is CC(=CCl)CNCCOCCC(C)C. The van der Waals surface area contributed by atoms with Crippen molar-refractivity contribution in [3.8, 4) is 0 Å². The van der Waals surface area contributed by atoms with Crippen molar-refractivity contribution in [2.75, 3.05) is 26.3 Å². The Labute approximate surface area is 92.7 Å². The van der Waals surface area contributed by atoms with Crippen LogP contribution in [0.4, 0.5) is 0 Å². The van der Waals surface area contributed by atoms with Crippen molar-refractivity contribution in [3.63, 3.8) is 0 Å². The third-order valence-corrected chi connectivity index (χ3v) is 2.23. The highest BCUT2D eigenvalue weighted by Gasteiger charge is 1.93. The Morgan fingerprint density at radius 2 is 2.14 bits per heavy atom. The Kier molecular flexibility index (Phi) is 9.47. The van der Waals surface area contributed by atoms with E-state index in [2.05, 4.69) is 19.2 Å². The third kappa shape index (κ3) is 10.0. The molecule has 2 nitrogen and oxygen atoms in total. The summed E-state index contributed by atoms with van der Waals surface area (Å²) in [7, 11) is 0. The van der Waals surface area contributed by atoms with E-state index in [0.29, 0.717) is 0 Å². The molecule has 0 aliphatic rings. The molecule has 3 heteroatoms. The maximum absolute atomic E-state index is 5.52. The number of rotatable bonds is 8. The fraction of sp³-hybridized carbons (Fsp3) is 0.818. The van der Waals surface area contributed by atoms with Crippen LogP contribution in [0.2, 0.25) is 0 Å². The normalized spacial score (nSPS) is 12.5. The van der Waals surface area contributed by atoms with Gasteiger partial charge in [0.1, 0.15) is 0 Å². The number of nitrogens with one attached hydrogen (secondary N) is 1. The molecule has 0 aromatic carbocycles. The Bertz CT molecular complexity index is 157. The van der Waals surface area contributed by atoms with Crippen molar-refractivity contribution in [2.24, 2.45) is 5.92 Å². The van der Waals surface area contributed by atoms with E-state index in [0.717, 1.165) is 44.2 Å². The molecule has 0 bridgehead atoms. The molecule has 0 atom stereocenters. The van der Waals surface area contributed by atoms with Crippen LogP contribution in [-0.4, -0.2) is 26.3 Å². The number of hydrogen-bond acceptors (Lipinski definition) is 2. The summed E-state index contributed by atoms with van der Waals surface area (Å²) in [5.41, 5.74) is 2.75. The smallest absolute Gasteiger partial charge is 0.0591 e. The fourth-order valence-electron chi connectivity index (χ4n) is 0.890. The van der Waals surface area contributed by atoms with E-state index in [1.807, 2.05) is 6.92 Å². The van der Waals surface area contributed by atoms with Crippen molar-refractivity contribution >= 4 is 11.6 Å². The molecular formula is C11H22ClNO. The van der Waals surface area contributed by atoms with E-state index in [9.17, 15) is 0 Å². The fourth-order valence-corrected chi connectivity index (χ4v) is 0.967. The molecule has 0 saturated heterocycles. The van der Waals surface area contributed by atoms with E-state index < -0.39 is 0 Å². The van der Waals surface area contributed by atoms with Gasteiger partial charge in [-0.15, -0.1) is 0 Å². The molecule has 0 saturated carbocycles. The quantitative estimate of drug-likeness (QED) is 0.634. The van der Waals surface area contributed by atoms with Crippen molar-refractivity contribution in [1.29, 1.82) is 0 Å². The summed E-state index contributed by atoms with van der Waals surface area (Å²) >= 11 is 5.52. The molecule has 0 radical (unpaired) electrons. The van der Waals surface area contributed by atoms with Gasteiger partial charge in [-0.3, -0.25) is 0 Å². The summed E-state index contributed by atoms with van der Waals surface area (Å²) in [6.07, 6.45) is 1.14. The van der Waals surface area contributed by atoms with Crippen LogP contribution in [0.1, 0.15) is 27.2 Å². The first-order chi connectivity index (χ1) is 6.66. The van der Waals surface area contributed by atoms with Gasteiger partial charge in [-0.25, -0.2) is 0 Å². The third-order valence-electron chi connectivity index (χ3n) is 1.85. The van der Waals surface area contributed by atoms with Crippen LogP contribution < -0.4 is 5.32 Å². The van der Waals surface area contributed by atoms with Crippen LogP contribution >= 0.6 is 11.6 Å². The predicted molar refractivity (Wildman–Crippen MR) is 62.8 cm³/mol. The predicted octanol–water partition coefficient (Wildman–Crippen LogP) is 2.78. The van der Waals surface area contributed by atoms with Crippen LogP contribution in [0.15, 0.2) is 11.1 Å². The average Bonchev–Trinajstić information content (AvgIpc) is 2.15. The van der Waals surface area contributed by atoms with Gasteiger partial charge in [0.15, 0.2) is 0 Å². The average molecular weight is 220 g/mol. The molecule has 14 heavy (non-hydrogen) atoms. The highest BCUT2D eigenvalue weighted by molar-refractivity contribution is 6.25. The first kappa shape index (κ1) is 13.9. The highest BCUT2D eigenvalue weighted by atomic mass is 35.5. The molecule has 0 heterocycles. The molecule has 84 valence electrons. The monoisotopic (exact) mass is 219 g/mol. The summed E-state index contributed by atoms with van der Waals surface area (Å²) in [5, 5.41) is 3.25. The lowest BCUT2D eigenvalue weighted by Gasteiger charge is -2.07. The van der Waals surface area contributed by atoms with Crippen molar-refractivity contribution in [3.05, 3.63) is 11.1 Å². The zero-order valence-corrected chi connectivity index (χ0v) is 10.2. The summed E-state index contributed by atoms with van der Waals surface area (Å²) < 4.78 is 5.44. The second-order valence-electron chi connectivity index (χ2n) is 3.93. The minimum atomic E-state index is 0.726. The van der Waals surface area contributed by atoms with Gasteiger partial charge in [-0.2, -0.15) is 0 Å². The van der Waals surface area contributed by atoms with Crippen LogP contribution in [0, 0.1) is 5.92 Å². The first-order valence-electron chi connectivity index (χ1n) is 5.21. The summed E-state index contributed by atoms with van der Waals surface area (Å²) in [6, 6.07) is 0. The highest BCUT2D eigenvalue weighted by Crippen LogP contribution is 1.98. The summed E-state index contributed by atoms with van der Waals surface area (Å²) in [5.74, 6) is 0.726. The largest absolute Gasteiger partial charge is 0.380 e. The Balaban J connectivity index is 3.07. The number of hydrogen-bond donors (Lipinski definition) is 1. The van der Waals surface area contributed by atoms with Gasteiger partial charge in [-0.05, 0) is 24.8 Å². The minimum absolute atomic E-state index is 0.726. The molecule has 0 aliphatic carbocycles. The van der Waals surface area contributed by atoms with Crippen molar-refractivity contribution < 1.29 is 4.74 Å². The second-order valence-corrected chi connectivity index (χ2v) is 4.15. The zero-order chi connectivity index (χ0) is 10.8. The van der Waals surface area contributed by atoms with Crippen molar-refractivity contribution in [2.45, 2.75) is 27.2 Å². The number of halogens is 1. The van der Waals surface area contributed by atoms with Gasteiger partial charge in [0.25, 0.3) is 0 Å². The topological polar surface area (TPSA) is 21.3 Å². The van der Waals surface area contributed by atoms with E-state index >= 15 is 0 Å². The minimum Gasteiger partial charge on any atom is -0.380 e. The summed E-state index contributed by atoms with van der Waals surface area (Å²) in [6.45, 7) is 9.79. The second kappa shape index (κ2) is 9.50. The van der Waals surface area contributed by atoms with Gasteiger partial charge in [0.05, 0.1) is 6.61 Å². The molecule has 0 rings (SSSR count). The van der Waals surface area contributed by atoms with E-state index in [1.165, 1.54) is 0 Å².